The third-order valence-electron chi connectivity index (χ3n) is 3.68. The average Bonchev–Trinajstić information content (AvgIpc) is 2.61. The van der Waals surface area contributed by atoms with Crippen LogP contribution in [-0.2, 0) is 14.8 Å². The van der Waals surface area contributed by atoms with Crippen LogP contribution in [0.4, 0.5) is 5.69 Å². The molecule has 0 saturated carbocycles. The number of anilines is 1. The van der Waals surface area contributed by atoms with Crippen LogP contribution in [0.2, 0.25) is 0 Å². The van der Waals surface area contributed by atoms with Crippen molar-refractivity contribution in [3.05, 3.63) is 53.6 Å². The van der Waals surface area contributed by atoms with Gasteiger partial charge in [-0.3, -0.25) is 4.79 Å². The van der Waals surface area contributed by atoms with Gasteiger partial charge in [0.15, 0.2) is 18.1 Å². The van der Waals surface area contributed by atoms with Crippen molar-refractivity contribution in [3.63, 3.8) is 0 Å². The molecule has 0 unspecified atom stereocenters. The SMILES string of the molecule is C/C=C/c1ccc(OCC(=O)Nc2ccc(C)c(S(N)(=O)=O)c2)c(OC)c1. The number of nitrogens with two attached hydrogens (primary N) is 1. The van der Waals surface area contributed by atoms with Gasteiger partial charge in [-0.1, -0.05) is 24.3 Å². The van der Waals surface area contributed by atoms with Gasteiger partial charge in [0.25, 0.3) is 5.91 Å². The van der Waals surface area contributed by atoms with Crippen LogP contribution >= 0.6 is 0 Å². The Morgan fingerprint density at radius 2 is 1.93 bits per heavy atom. The molecule has 0 spiro atoms. The highest BCUT2D eigenvalue weighted by atomic mass is 32.2. The zero-order chi connectivity index (χ0) is 20.0. The van der Waals surface area contributed by atoms with Crippen LogP contribution in [0.5, 0.6) is 11.5 Å². The van der Waals surface area contributed by atoms with Crippen molar-refractivity contribution >= 4 is 27.7 Å². The topological polar surface area (TPSA) is 108 Å². The lowest BCUT2D eigenvalue weighted by atomic mass is 10.2. The van der Waals surface area contributed by atoms with E-state index in [9.17, 15) is 13.2 Å². The normalized spacial score (nSPS) is 11.4. The summed E-state index contributed by atoms with van der Waals surface area (Å²) < 4.78 is 33.9. The fourth-order valence-corrected chi connectivity index (χ4v) is 3.23. The summed E-state index contributed by atoms with van der Waals surface area (Å²) in [5.74, 6) is 0.485. The van der Waals surface area contributed by atoms with E-state index in [2.05, 4.69) is 5.32 Å². The highest BCUT2D eigenvalue weighted by Crippen LogP contribution is 2.28. The van der Waals surface area contributed by atoms with E-state index < -0.39 is 15.9 Å². The van der Waals surface area contributed by atoms with Crippen LogP contribution in [0.15, 0.2) is 47.4 Å². The van der Waals surface area contributed by atoms with Gasteiger partial charge in [-0.05, 0) is 49.2 Å². The number of carbonyl (C=O) groups is 1. The van der Waals surface area contributed by atoms with Crippen LogP contribution in [-0.4, -0.2) is 28.0 Å². The summed E-state index contributed by atoms with van der Waals surface area (Å²) in [7, 11) is -2.35. The second kappa shape index (κ2) is 8.70. The van der Waals surface area contributed by atoms with Gasteiger partial charge in [0.05, 0.1) is 12.0 Å². The Bertz CT molecular complexity index is 968. The number of primary sulfonamides is 1. The van der Waals surface area contributed by atoms with Crippen molar-refractivity contribution in [2.45, 2.75) is 18.7 Å². The molecule has 7 nitrogen and oxygen atoms in total. The summed E-state index contributed by atoms with van der Waals surface area (Å²) in [6.07, 6.45) is 3.82. The van der Waals surface area contributed by atoms with Crippen LogP contribution in [0.1, 0.15) is 18.1 Å². The second-order valence-corrected chi connectivity index (χ2v) is 7.30. The number of aryl methyl sites for hydroxylation is 1. The minimum atomic E-state index is -3.87. The molecular weight excluding hydrogens is 368 g/mol. The van der Waals surface area contributed by atoms with Crippen LogP contribution in [0.3, 0.4) is 0 Å². The van der Waals surface area contributed by atoms with Crippen molar-refractivity contribution < 1.29 is 22.7 Å². The first kappa shape index (κ1) is 20.5. The Kier molecular flexibility index (Phi) is 6.59. The van der Waals surface area contributed by atoms with Gasteiger partial charge in [0.2, 0.25) is 10.0 Å². The molecule has 0 aliphatic carbocycles. The Hall–Kier alpha value is -2.84. The molecule has 27 heavy (non-hydrogen) atoms. The second-order valence-electron chi connectivity index (χ2n) is 5.77. The molecule has 2 aromatic carbocycles. The number of allylic oxidation sites excluding steroid dienone is 1. The van der Waals surface area contributed by atoms with Gasteiger partial charge >= 0.3 is 0 Å². The molecule has 0 aliphatic rings. The van der Waals surface area contributed by atoms with Gasteiger partial charge in [0, 0.05) is 5.69 Å². The number of methoxy groups -OCH3 is 1. The Labute approximate surface area is 158 Å². The molecule has 0 fully saturated rings. The molecule has 144 valence electrons. The molecule has 1 amide bonds. The van der Waals surface area contributed by atoms with E-state index >= 15 is 0 Å². The maximum absolute atomic E-state index is 12.1. The largest absolute Gasteiger partial charge is 0.493 e. The fraction of sp³-hybridized carbons (Fsp3) is 0.211. The number of rotatable bonds is 7. The third-order valence-corrected chi connectivity index (χ3v) is 4.74. The van der Waals surface area contributed by atoms with Crippen LogP contribution < -0.4 is 19.9 Å². The highest BCUT2D eigenvalue weighted by molar-refractivity contribution is 7.89. The summed E-state index contributed by atoms with van der Waals surface area (Å²) in [5, 5.41) is 7.76. The molecule has 0 aliphatic heterocycles. The monoisotopic (exact) mass is 390 g/mol. The van der Waals surface area contributed by atoms with E-state index in [-0.39, 0.29) is 11.5 Å². The lowest BCUT2D eigenvalue weighted by Gasteiger charge is -2.12. The van der Waals surface area contributed by atoms with Gasteiger partial charge in [0.1, 0.15) is 0 Å². The number of nitrogens with one attached hydrogen (secondary N) is 1. The van der Waals surface area contributed by atoms with Crippen molar-refractivity contribution in [2.75, 3.05) is 19.0 Å². The van der Waals surface area contributed by atoms with E-state index in [0.29, 0.717) is 22.7 Å². The molecule has 8 heteroatoms. The number of benzene rings is 2. The van der Waals surface area contributed by atoms with Crippen LogP contribution in [0, 0.1) is 6.92 Å². The van der Waals surface area contributed by atoms with Crippen molar-refractivity contribution in [3.8, 4) is 11.5 Å². The Morgan fingerprint density at radius 3 is 2.56 bits per heavy atom. The number of ether oxygens (including phenoxy) is 2. The molecule has 2 aromatic rings. The lowest BCUT2D eigenvalue weighted by Crippen LogP contribution is -2.21. The number of carbonyl (C=O) groups excluding carboxylic acids is 1. The number of hydrogen-bond acceptors (Lipinski definition) is 5. The maximum atomic E-state index is 12.1. The highest BCUT2D eigenvalue weighted by Gasteiger charge is 2.14. The summed E-state index contributed by atoms with van der Waals surface area (Å²) in [6.45, 7) is 3.27. The first-order valence-electron chi connectivity index (χ1n) is 8.11. The number of sulfonamides is 1. The predicted octanol–water partition coefficient (Wildman–Crippen LogP) is 2.70. The minimum absolute atomic E-state index is 0.0394. The number of hydrogen-bond donors (Lipinski definition) is 2. The summed E-state index contributed by atoms with van der Waals surface area (Å²) in [4.78, 5) is 12.1. The molecule has 2 rings (SSSR count). The molecule has 0 radical (unpaired) electrons. The van der Waals surface area contributed by atoms with Gasteiger partial charge in [-0.15, -0.1) is 0 Å². The molecule has 0 bridgehead atoms. The Morgan fingerprint density at radius 1 is 1.19 bits per heavy atom. The van der Waals surface area contributed by atoms with Gasteiger partial charge in [-0.25, -0.2) is 13.6 Å². The zero-order valence-corrected chi connectivity index (χ0v) is 16.2. The van der Waals surface area contributed by atoms with Crippen molar-refractivity contribution in [2.24, 2.45) is 5.14 Å². The molecular formula is C19H22N2O5S. The van der Waals surface area contributed by atoms with E-state index in [1.54, 1.807) is 31.2 Å². The summed E-state index contributed by atoms with van der Waals surface area (Å²) >= 11 is 0. The number of amides is 1. The van der Waals surface area contributed by atoms with E-state index in [1.165, 1.54) is 13.2 Å². The van der Waals surface area contributed by atoms with Gasteiger partial charge in [-0.2, -0.15) is 0 Å². The molecule has 0 aromatic heterocycles. The minimum Gasteiger partial charge on any atom is -0.493 e. The molecule has 0 saturated heterocycles. The average molecular weight is 390 g/mol. The predicted molar refractivity (Wildman–Crippen MR) is 104 cm³/mol. The van der Waals surface area contributed by atoms with Gasteiger partial charge < -0.3 is 14.8 Å². The van der Waals surface area contributed by atoms with E-state index in [0.717, 1.165) is 5.56 Å². The summed E-state index contributed by atoms with van der Waals surface area (Å²) in [5.41, 5.74) is 1.76. The third kappa shape index (κ3) is 5.57. The first-order chi connectivity index (χ1) is 12.7. The fourth-order valence-electron chi connectivity index (χ4n) is 2.42. The van der Waals surface area contributed by atoms with E-state index in [4.69, 9.17) is 14.6 Å². The maximum Gasteiger partial charge on any atom is 0.262 e. The van der Waals surface area contributed by atoms with E-state index in [1.807, 2.05) is 25.1 Å². The molecule has 0 atom stereocenters. The van der Waals surface area contributed by atoms with Crippen LogP contribution in [0.25, 0.3) is 6.08 Å². The van der Waals surface area contributed by atoms with Crippen molar-refractivity contribution in [1.29, 1.82) is 0 Å². The summed E-state index contributed by atoms with van der Waals surface area (Å²) in [6, 6.07) is 9.83. The van der Waals surface area contributed by atoms with Crippen molar-refractivity contribution in [1.82, 2.24) is 0 Å². The quantitative estimate of drug-likeness (QED) is 0.756. The molecule has 3 N–H and O–H groups in total. The standard InChI is InChI=1S/C19H22N2O5S/c1-4-5-14-7-9-16(17(10-14)25-3)26-12-19(22)21-15-8-6-13(2)18(11-15)27(20,23)24/h4-11H,12H2,1-3H3,(H,21,22)(H2,20,23,24)/b5-4+. The first-order valence-corrected chi connectivity index (χ1v) is 9.66. The lowest BCUT2D eigenvalue weighted by molar-refractivity contribution is -0.118. The molecule has 0 heterocycles. The Balaban J connectivity index is 2.07. The zero-order valence-electron chi connectivity index (χ0n) is 15.4. The smallest absolute Gasteiger partial charge is 0.262 e.